The van der Waals surface area contributed by atoms with E-state index in [2.05, 4.69) is 41.8 Å². The van der Waals surface area contributed by atoms with Crippen LogP contribution in [0, 0.1) is 13.8 Å². The van der Waals surface area contributed by atoms with Gasteiger partial charge < -0.3 is 20.1 Å². The Morgan fingerprint density at radius 2 is 1.63 bits per heavy atom. The van der Waals surface area contributed by atoms with Crippen molar-refractivity contribution in [3.05, 3.63) is 83.4 Å². The zero-order valence-corrected chi connectivity index (χ0v) is 17.7. The fourth-order valence-electron chi connectivity index (χ4n) is 2.99. The summed E-state index contributed by atoms with van der Waals surface area (Å²) in [5, 5.41) is 6.24. The van der Waals surface area contributed by atoms with Crippen molar-refractivity contribution < 1.29 is 14.3 Å². The minimum Gasteiger partial charge on any atom is -0.490 e. The van der Waals surface area contributed by atoms with Crippen LogP contribution >= 0.6 is 0 Å². The number of hydrogen-bond donors (Lipinski definition) is 2. The maximum atomic E-state index is 12.2. The second-order valence-corrected chi connectivity index (χ2v) is 7.14. The van der Waals surface area contributed by atoms with Crippen LogP contribution in [-0.2, 0) is 11.3 Å². The van der Waals surface area contributed by atoms with Crippen LogP contribution in [-0.4, -0.2) is 19.1 Å². The molecule has 156 valence electrons. The number of anilines is 2. The fraction of sp³-hybridized carbons (Fsp3) is 0.240. The van der Waals surface area contributed by atoms with Gasteiger partial charge in [0, 0.05) is 17.9 Å². The van der Waals surface area contributed by atoms with E-state index in [0.29, 0.717) is 24.7 Å². The van der Waals surface area contributed by atoms with Crippen molar-refractivity contribution in [2.75, 3.05) is 23.8 Å². The summed E-state index contributed by atoms with van der Waals surface area (Å²) < 4.78 is 11.5. The zero-order valence-electron chi connectivity index (χ0n) is 17.7. The minimum absolute atomic E-state index is 0.0883. The maximum Gasteiger partial charge on any atom is 0.262 e. The van der Waals surface area contributed by atoms with Gasteiger partial charge in [0.05, 0.1) is 6.61 Å². The van der Waals surface area contributed by atoms with E-state index in [1.54, 1.807) is 0 Å². The van der Waals surface area contributed by atoms with Crippen LogP contribution in [0.15, 0.2) is 66.7 Å². The van der Waals surface area contributed by atoms with Crippen LogP contribution < -0.4 is 20.1 Å². The van der Waals surface area contributed by atoms with Crippen LogP contribution in [0.2, 0.25) is 0 Å². The van der Waals surface area contributed by atoms with Crippen molar-refractivity contribution >= 4 is 17.3 Å². The number of aryl methyl sites for hydroxylation is 2. The number of rotatable bonds is 9. The topological polar surface area (TPSA) is 59.6 Å². The van der Waals surface area contributed by atoms with Gasteiger partial charge in [0.15, 0.2) is 18.1 Å². The molecule has 0 unspecified atom stereocenters. The van der Waals surface area contributed by atoms with E-state index in [9.17, 15) is 4.79 Å². The number of carbonyl (C=O) groups excluding carboxylic acids is 1. The van der Waals surface area contributed by atoms with E-state index >= 15 is 0 Å². The van der Waals surface area contributed by atoms with E-state index in [4.69, 9.17) is 9.47 Å². The molecular formula is C25H28N2O3. The highest BCUT2D eigenvalue weighted by Crippen LogP contribution is 2.29. The number of nitrogens with one attached hydrogen (secondary N) is 2. The van der Waals surface area contributed by atoms with Crippen molar-refractivity contribution in [2.24, 2.45) is 0 Å². The normalized spacial score (nSPS) is 10.4. The average Bonchev–Trinajstić information content (AvgIpc) is 2.73. The Morgan fingerprint density at radius 3 is 2.37 bits per heavy atom. The standard InChI is InChI=1S/C25H28N2O3/c1-4-29-24-15-20(16-26-21-11-8-18(2)9-12-21)10-13-23(24)30-17-25(28)27-22-7-5-6-19(3)14-22/h5-15,26H,4,16-17H2,1-3H3,(H,27,28). The third-order valence-corrected chi connectivity index (χ3v) is 4.52. The third kappa shape index (κ3) is 6.27. The summed E-state index contributed by atoms with van der Waals surface area (Å²) >= 11 is 0. The fourth-order valence-corrected chi connectivity index (χ4v) is 2.99. The maximum absolute atomic E-state index is 12.2. The lowest BCUT2D eigenvalue weighted by Gasteiger charge is -2.14. The van der Waals surface area contributed by atoms with Crippen LogP contribution in [0.25, 0.3) is 0 Å². The molecule has 0 fully saturated rings. The Labute approximate surface area is 178 Å². The molecular weight excluding hydrogens is 376 g/mol. The molecule has 0 atom stereocenters. The number of hydrogen-bond acceptors (Lipinski definition) is 4. The Morgan fingerprint density at radius 1 is 0.833 bits per heavy atom. The van der Waals surface area contributed by atoms with Crippen molar-refractivity contribution in [3.63, 3.8) is 0 Å². The quantitative estimate of drug-likeness (QED) is 0.506. The molecule has 0 aromatic heterocycles. The van der Waals surface area contributed by atoms with Gasteiger partial charge in [-0.1, -0.05) is 35.9 Å². The van der Waals surface area contributed by atoms with Crippen molar-refractivity contribution in [2.45, 2.75) is 27.3 Å². The van der Waals surface area contributed by atoms with Gasteiger partial charge in [0.25, 0.3) is 5.91 Å². The SMILES string of the molecule is CCOc1cc(CNc2ccc(C)cc2)ccc1OCC(=O)Nc1cccc(C)c1. The Bertz CT molecular complexity index is 984. The molecule has 3 aromatic carbocycles. The van der Waals surface area contributed by atoms with Gasteiger partial charge in [-0.15, -0.1) is 0 Å². The molecule has 0 saturated heterocycles. The van der Waals surface area contributed by atoms with Gasteiger partial charge >= 0.3 is 0 Å². The largest absolute Gasteiger partial charge is 0.490 e. The summed E-state index contributed by atoms with van der Waals surface area (Å²) in [6, 6.07) is 21.7. The monoisotopic (exact) mass is 404 g/mol. The Kier molecular flexibility index (Phi) is 7.33. The van der Waals surface area contributed by atoms with Gasteiger partial charge in [-0.05, 0) is 68.3 Å². The molecule has 0 bridgehead atoms. The molecule has 3 rings (SSSR count). The first-order valence-electron chi connectivity index (χ1n) is 10.1. The van der Waals surface area contributed by atoms with Gasteiger partial charge in [0.1, 0.15) is 0 Å². The number of ether oxygens (including phenoxy) is 2. The van der Waals surface area contributed by atoms with E-state index < -0.39 is 0 Å². The third-order valence-electron chi connectivity index (χ3n) is 4.52. The number of benzene rings is 3. The van der Waals surface area contributed by atoms with Crippen molar-refractivity contribution in [1.82, 2.24) is 0 Å². The predicted molar refractivity (Wildman–Crippen MR) is 121 cm³/mol. The smallest absolute Gasteiger partial charge is 0.262 e. The van der Waals surface area contributed by atoms with E-state index in [1.165, 1.54) is 5.56 Å². The first-order chi connectivity index (χ1) is 14.5. The van der Waals surface area contributed by atoms with Gasteiger partial charge in [0.2, 0.25) is 0 Å². The van der Waals surface area contributed by atoms with Gasteiger partial charge in [-0.25, -0.2) is 0 Å². The lowest BCUT2D eigenvalue weighted by atomic mass is 10.2. The van der Waals surface area contributed by atoms with Crippen molar-refractivity contribution in [3.8, 4) is 11.5 Å². The highest BCUT2D eigenvalue weighted by atomic mass is 16.5. The highest BCUT2D eigenvalue weighted by molar-refractivity contribution is 5.91. The van der Waals surface area contributed by atoms with E-state index in [1.807, 2.05) is 56.3 Å². The molecule has 5 heteroatoms. The molecule has 0 spiro atoms. The molecule has 0 aliphatic carbocycles. The Hall–Kier alpha value is -3.47. The first-order valence-corrected chi connectivity index (χ1v) is 10.1. The highest BCUT2D eigenvalue weighted by Gasteiger charge is 2.10. The lowest BCUT2D eigenvalue weighted by molar-refractivity contribution is -0.118. The molecule has 0 radical (unpaired) electrons. The second-order valence-electron chi connectivity index (χ2n) is 7.14. The van der Waals surface area contributed by atoms with Crippen LogP contribution in [0.5, 0.6) is 11.5 Å². The van der Waals surface area contributed by atoms with Crippen LogP contribution in [0.1, 0.15) is 23.6 Å². The summed E-state index contributed by atoms with van der Waals surface area (Å²) in [6.07, 6.45) is 0. The summed E-state index contributed by atoms with van der Waals surface area (Å²) in [7, 11) is 0. The average molecular weight is 405 g/mol. The predicted octanol–water partition coefficient (Wildman–Crippen LogP) is 5.33. The second kappa shape index (κ2) is 10.3. The summed E-state index contributed by atoms with van der Waals surface area (Å²) in [6.45, 7) is 7.06. The van der Waals surface area contributed by atoms with E-state index in [0.717, 1.165) is 22.5 Å². The molecule has 0 saturated carbocycles. The van der Waals surface area contributed by atoms with Crippen LogP contribution in [0.3, 0.4) is 0 Å². The number of carbonyl (C=O) groups is 1. The molecule has 0 aliphatic rings. The minimum atomic E-state index is -0.215. The van der Waals surface area contributed by atoms with Crippen molar-refractivity contribution in [1.29, 1.82) is 0 Å². The molecule has 5 nitrogen and oxygen atoms in total. The molecule has 0 aliphatic heterocycles. The van der Waals surface area contributed by atoms with Gasteiger partial charge in [-0.2, -0.15) is 0 Å². The molecule has 30 heavy (non-hydrogen) atoms. The van der Waals surface area contributed by atoms with Crippen LogP contribution in [0.4, 0.5) is 11.4 Å². The Balaban J connectivity index is 1.59. The molecule has 1 amide bonds. The molecule has 2 N–H and O–H groups in total. The first kappa shape index (κ1) is 21.2. The lowest BCUT2D eigenvalue weighted by Crippen LogP contribution is -2.20. The number of amides is 1. The zero-order chi connectivity index (χ0) is 21.3. The molecule has 0 heterocycles. The summed E-state index contributed by atoms with van der Waals surface area (Å²) in [5.41, 5.74) is 5.20. The van der Waals surface area contributed by atoms with E-state index in [-0.39, 0.29) is 12.5 Å². The van der Waals surface area contributed by atoms with Gasteiger partial charge in [-0.3, -0.25) is 4.79 Å². The summed E-state index contributed by atoms with van der Waals surface area (Å²) in [4.78, 5) is 12.2. The molecule has 3 aromatic rings. The summed E-state index contributed by atoms with van der Waals surface area (Å²) in [5.74, 6) is 0.965.